The number of ether oxygens (including phenoxy) is 2. The quantitative estimate of drug-likeness (QED) is 0.145. The molecule has 20 heteroatoms. The van der Waals surface area contributed by atoms with Crippen LogP contribution in [0.2, 0.25) is 0 Å². The molecule has 0 radical (unpaired) electrons. The van der Waals surface area contributed by atoms with Crippen LogP contribution in [0.15, 0.2) is 0 Å². The van der Waals surface area contributed by atoms with Gasteiger partial charge in [0.2, 0.25) is 46.4 Å². The van der Waals surface area contributed by atoms with Crippen LogP contribution >= 0.6 is 0 Å². The number of carboxylic acid groups (broad SMARTS) is 4. The second-order valence-electron chi connectivity index (χ2n) is 7.38. The van der Waals surface area contributed by atoms with E-state index in [0.29, 0.717) is 0 Å². The van der Waals surface area contributed by atoms with Crippen LogP contribution in [-0.2, 0) is 0 Å². The van der Waals surface area contributed by atoms with Crippen molar-refractivity contribution in [3.05, 3.63) is 80.4 Å². The van der Waals surface area contributed by atoms with Gasteiger partial charge in [0.25, 0.3) is 0 Å². The Hall–Kier alpha value is -5.56. The van der Waals surface area contributed by atoms with Crippen LogP contribution in [0.25, 0.3) is 0 Å². The highest BCUT2D eigenvalue weighted by atomic mass is 19.2. The zero-order valence-electron chi connectivity index (χ0n) is 19.0. The summed E-state index contributed by atoms with van der Waals surface area (Å²) in [5, 5.41) is 36.2. The molecule has 3 aromatic rings. The molecule has 3 aromatic carbocycles. The number of benzene rings is 3. The van der Waals surface area contributed by atoms with Crippen molar-refractivity contribution in [3.8, 4) is 23.0 Å². The van der Waals surface area contributed by atoms with E-state index in [2.05, 4.69) is 9.47 Å². The van der Waals surface area contributed by atoms with Gasteiger partial charge in [-0.3, -0.25) is 0 Å². The molecular formula is C22H4F10O10. The lowest BCUT2D eigenvalue weighted by Gasteiger charge is -2.17. The summed E-state index contributed by atoms with van der Waals surface area (Å²) < 4.78 is 151. The van der Waals surface area contributed by atoms with Crippen molar-refractivity contribution in [2.75, 3.05) is 0 Å². The molecule has 42 heavy (non-hydrogen) atoms. The lowest BCUT2D eigenvalue weighted by Crippen LogP contribution is -2.17. The van der Waals surface area contributed by atoms with Crippen LogP contribution in [0.3, 0.4) is 0 Å². The van der Waals surface area contributed by atoms with Gasteiger partial charge in [0, 0.05) is 0 Å². The lowest BCUT2D eigenvalue weighted by molar-refractivity contribution is 0.0641. The average Bonchev–Trinajstić information content (AvgIpc) is 2.90. The maximum Gasteiger partial charge on any atom is 0.340 e. The highest BCUT2D eigenvalue weighted by Crippen LogP contribution is 2.43. The number of aromatic carboxylic acids is 4. The molecule has 3 rings (SSSR count). The second-order valence-corrected chi connectivity index (χ2v) is 7.38. The minimum Gasteiger partial charge on any atom is -0.478 e. The third-order valence-corrected chi connectivity index (χ3v) is 5.01. The first kappa shape index (κ1) is 31.0. The molecule has 0 fully saturated rings. The topological polar surface area (TPSA) is 168 Å². The van der Waals surface area contributed by atoms with Gasteiger partial charge in [0.1, 0.15) is 22.3 Å². The molecule has 0 heterocycles. The normalized spacial score (nSPS) is 10.9. The predicted molar refractivity (Wildman–Crippen MR) is 107 cm³/mol. The van der Waals surface area contributed by atoms with Crippen molar-refractivity contribution in [2.24, 2.45) is 0 Å². The molecule has 0 aliphatic rings. The Balaban J connectivity index is 2.33. The van der Waals surface area contributed by atoms with E-state index in [1.807, 2.05) is 0 Å². The fourth-order valence-electron chi connectivity index (χ4n) is 3.25. The minimum absolute atomic E-state index is 2.16. The molecular weight excluding hydrogens is 614 g/mol. The Bertz CT molecular complexity index is 1600. The van der Waals surface area contributed by atoms with Crippen molar-refractivity contribution < 1.29 is 93.0 Å². The first-order chi connectivity index (χ1) is 19.4. The monoisotopic (exact) mass is 618 g/mol. The summed E-state index contributed by atoms with van der Waals surface area (Å²) in [6, 6.07) is 0. The first-order valence-electron chi connectivity index (χ1n) is 9.92. The van der Waals surface area contributed by atoms with Gasteiger partial charge < -0.3 is 29.9 Å². The van der Waals surface area contributed by atoms with Crippen LogP contribution in [0.4, 0.5) is 43.9 Å². The molecule has 0 saturated heterocycles. The molecule has 222 valence electrons. The fourth-order valence-corrected chi connectivity index (χ4v) is 3.25. The SMILES string of the molecule is O=C(O)c1c(F)c(F)c(F)c(Oc2c(F)c(F)c(Oc3c(F)c(F)c(F)c(C(=O)O)c3C(=O)O)c(F)c2F)c1C(=O)O. The van der Waals surface area contributed by atoms with Crippen LogP contribution in [-0.4, -0.2) is 44.3 Å². The van der Waals surface area contributed by atoms with Gasteiger partial charge in [-0.15, -0.1) is 0 Å². The Kier molecular flexibility index (Phi) is 7.95. The molecule has 4 N–H and O–H groups in total. The number of hydrogen-bond donors (Lipinski definition) is 4. The third kappa shape index (κ3) is 4.71. The zero-order valence-corrected chi connectivity index (χ0v) is 19.0. The standard InChI is InChI=1S/C22H4F10O10/c23-5-1(19(33)34)3(21(37)38)15(9(27)7(5)25)41-17-11(29)13(31)18(14(32)12(17)30)42-16-4(22(39)40)2(20(35)36)6(24)8(26)10(16)28/h(H,33,34)(H,35,36)(H,37,38)(H,39,40). The molecule has 0 amide bonds. The van der Waals surface area contributed by atoms with Crippen molar-refractivity contribution in [2.45, 2.75) is 0 Å². The number of halogens is 10. The summed E-state index contributed by atoms with van der Waals surface area (Å²) in [6.45, 7) is 0. The zero-order chi connectivity index (χ0) is 32.1. The first-order valence-corrected chi connectivity index (χ1v) is 9.92. The lowest BCUT2D eigenvalue weighted by atomic mass is 10.0. The fraction of sp³-hybridized carbons (Fsp3) is 0. The van der Waals surface area contributed by atoms with Gasteiger partial charge in [-0.1, -0.05) is 0 Å². The predicted octanol–water partition coefficient (Wildman–Crippen LogP) is 5.46. The number of carbonyl (C=O) groups is 4. The van der Waals surface area contributed by atoms with Crippen molar-refractivity contribution in [1.82, 2.24) is 0 Å². The van der Waals surface area contributed by atoms with Crippen molar-refractivity contribution in [3.63, 3.8) is 0 Å². The minimum atomic E-state index is -2.92. The van der Waals surface area contributed by atoms with E-state index in [1.165, 1.54) is 0 Å². The average molecular weight is 618 g/mol. The van der Waals surface area contributed by atoms with E-state index in [9.17, 15) is 63.1 Å². The number of carboxylic acids is 4. The molecule has 0 aliphatic carbocycles. The second kappa shape index (κ2) is 10.8. The maximum atomic E-state index is 14.7. The highest BCUT2D eigenvalue weighted by Gasteiger charge is 2.39. The highest BCUT2D eigenvalue weighted by molar-refractivity contribution is 6.05. The maximum absolute atomic E-state index is 14.7. The molecule has 0 unspecified atom stereocenters. The van der Waals surface area contributed by atoms with E-state index in [1.54, 1.807) is 0 Å². The molecule has 0 bridgehead atoms. The Morgan fingerprint density at radius 1 is 0.333 bits per heavy atom. The molecule has 0 spiro atoms. The largest absolute Gasteiger partial charge is 0.478 e. The van der Waals surface area contributed by atoms with Gasteiger partial charge in [-0.25, -0.2) is 36.7 Å². The van der Waals surface area contributed by atoms with Crippen LogP contribution in [0.1, 0.15) is 41.4 Å². The van der Waals surface area contributed by atoms with E-state index < -0.39 is 127 Å². The van der Waals surface area contributed by atoms with Crippen molar-refractivity contribution in [1.29, 1.82) is 0 Å². The number of hydrogen-bond acceptors (Lipinski definition) is 6. The summed E-state index contributed by atoms with van der Waals surface area (Å²) in [5.41, 5.74) is -8.67. The summed E-state index contributed by atoms with van der Waals surface area (Å²) in [5.74, 6) is -48.3. The Labute approximate surface area is 221 Å². The van der Waals surface area contributed by atoms with Crippen LogP contribution in [0, 0.1) is 58.2 Å². The summed E-state index contributed by atoms with van der Waals surface area (Å²) in [6.07, 6.45) is 0. The van der Waals surface area contributed by atoms with E-state index in [-0.39, 0.29) is 0 Å². The Morgan fingerprint density at radius 3 is 0.762 bits per heavy atom. The third-order valence-electron chi connectivity index (χ3n) is 5.01. The van der Waals surface area contributed by atoms with Crippen LogP contribution < -0.4 is 9.47 Å². The van der Waals surface area contributed by atoms with Gasteiger partial charge in [0.05, 0.1) is 0 Å². The molecule has 0 atom stereocenters. The van der Waals surface area contributed by atoms with E-state index >= 15 is 0 Å². The van der Waals surface area contributed by atoms with Gasteiger partial charge in [0.15, 0.2) is 34.8 Å². The molecule has 0 saturated carbocycles. The van der Waals surface area contributed by atoms with Gasteiger partial charge in [-0.05, 0) is 0 Å². The van der Waals surface area contributed by atoms with Gasteiger partial charge in [-0.2, -0.15) is 26.3 Å². The summed E-state index contributed by atoms with van der Waals surface area (Å²) in [4.78, 5) is 45.2. The smallest absolute Gasteiger partial charge is 0.340 e. The number of rotatable bonds is 8. The molecule has 10 nitrogen and oxygen atoms in total. The van der Waals surface area contributed by atoms with E-state index in [4.69, 9.17) is 20.4 Å². The van der Waals surface area contributed by atoms with Crippen LogP contribution in [0.5, 0.6) is 23.0 Å². The van der Waals surface area contributed by atoms with Crippen molar-refractivity contribution >= 4 is 23.9 Å². The summed E-state index contributed by atoms with van der Waals surface area (Å²) in [7, 11) is 0. The van der Waals surface area contributed by atoms with E-state index in [0.717, 1.165) is 0 Å². The van der Waals surface area contributed by atoms with Gasteiger partial charge >= 0.3 is 23.9 Å². The molecule has 0 aliphatic heterocycles. The summed E-state index contributed by atoms with van der Waals surface area (Å²) >= 11 is 0. The Morgan fingerprint density at radius 2 is 0.548 bits per heavy atom. The molecule has 0 aromatic heterocycles.